The molecular weight excluding hydrogens is 796 g/mol. The number of hydrogen-bond acceptors (Lipinski definition) is 16. The van der Waals surface area contributed by atoms with Gasteiger partial charge in [-0.3, -0.25) is 20.2 Å². The fourth-order valence-electron chi connectivity index (χ4n) is 6.23. The molecule has 0 aromatic rings. The van der Waals surface area contributed by atoms with E-state index in [1.54, 1.807) is 69.2 Å². The molecule has 7 atom stereocenters. The van der Waals surface area contributed by atoms with Crippen molar-refractivity contribution in [2.75, 3.05) is 53.4 Å². The van der Waals surface area contributed by atoms with Crippen LogP contribution in [-0.4, -0.2) is 136 Å². The van der Waals surface area contributed by atoms with Gasteiger partial charge in [0.15, 0.2) is 0 Å². The average Bonchev–Trinajstić information content (AvgIpc) is 3.78. The van der Waals surface area contributed by atoms with E-state index in [0.29, 0.717) is 32.5 Å². The first kappa shape index (κ1) is 55.5. The summed E-state index contributed by atoms with van der Waals surface area (Å²) >= 11 is 0. The lowest BCUT2D eigenvalue weighted by atomic mass is 9.81. The van der Waals surface area contributed by atoms with E-state index in [2.05, 4.69) is 26.6 Å². The van der Waals surface area contributed by atoms with Crippen molar-refractivity contribution < 1.29 is 61.9 Å². The van der Waals surface area contributed by atoms with E-state index in [1.165, 1.54) is 7.11 Å². The van der Waals surface area contributed by atoms with Gasteiger partial charge in [-0.1, -0.05) is 13.8 Å². The van der Waals surface area contributed by atoms with Crippen LogP contribution in [0.4, 0.5) is 14.4 Å². The predicted molar refractivity (Wildman–Crippen MR) is 228 cm³/mol. The second-order valence-electron chi connectivity index (χ2n) is 19.2. The molecule has 0 bridgehead atoms. The van der Waals surface area contributed by atoms with Gasteiger partial charge in [0, 0.05) is 31.8 Å². The summed E-state index contributed by atoms with van der Waals surface area (Å²) in [4.78, 5) is 62.3. The number of nitrogens with two attached hydrogens (primary N) is 1. The second-order valence-corrected chi connectivity index (χ2v) is 19.2. The van der Waals surface area contributed by atoms with Crippen molar-refractivity contribution in [2.24, 2.45) is 17.1 Å². The fraction of sp³-hybridized carbons (Fsp3) is 0.881. The first-order valence-electron chi connectivity index (χ1n) is 21.3. The standard InChI is InChI=1S/C42H80N6O13/c1-16-29(46-26-55-19-18-28(3)47-37(53)61-39(7,8)9)21-44-35(51)56-23-30(59-41(12,13)25-40(10,11)34(50)54-15)24-57-36(52)45-22-31-42(14,48-31)58-20-17-27(2)32(43)33(49)60-38(4,5)6/h27-32,46,48H,16-26,43H2,1-15H3,(H,44,51)(H,45,52)(H,47,53)/t27-,28?,29?,30?,31?,32?,42?/m1/s1. The van der Waals surface area contributed by atoms with Crippen molar-refractivity contribution in [1.82, 2.24) is 26.6 Å². The first-order chi connectivity index (χ1) is 28.0. The Labute approximate surface area is 364 Å². The van der Waals surface area contributed by atoms with Crippen molar-refractivity contribution >= 4 is 30.2 Å². The van der Waals surface area contributed by atoms with Crippen molar-refractivity contribution in [3.8, 4) is 0 Å². The minimum absolute atomic E-state index is 0.123. The lowest BCUT2D eigenvalue weighted by Gasteiger charge is -2.35. The Morgan fingerprint density at radius 3 is 1.97 bits per heavy atom. The molecule has 0 aliphatic carbocycles. The van der Waals surface area contributed by atoms with Gasteiger partial charge in [-0.15, -0.1) is 0 Å². The average molecular weight is 877 g/mol. The van der Waals surface area contributed by atoms with E-state index < -0.39 is 70.3 Å². The summed E-state index contributed by atoms with van der Waals surface area (Å²) in [7, 11) is 1.32. The molecule has 3 amide bonds. The molecule has 19 heteroatoms. The first-order valence-corrected chi connectivity index (χ1v) is 21.3. The molecule has 356 valence electrons. The third-order valence-corrected chi connectivity index (χ3v) is 9.57. The Bertz CT molecular complexity index is 1390. The monoisotopic (exact) mass is 877 g/mol. The molecule has 6 unspecified atom stereocenters. The highest BCUT2D eigenvalue weighted by Crippen LogP contribution is 2.32. The molecule has 1 aliphatic heterocycles. The smallest absolute Gasteiger partial charge is 0.407 e. The molecule has 1 saturated heterocycles. The summed E-state index contributed by atoms with van der Waals surface area (Å²) in [5, 5.41) is 14.7. The fourth-order valence-corrected chi connectivity index (χ4v) is 6.23. The van der Waals surface area contributed by atoms with Crippen LogP contribution < -0.4 is 32.3 Å². The van der Waals surface area contributed by atoms with Gasteiger partial charge in [0.25, 0.3) is 0 Å². The third kappa shape index (κ3) is 24.1. The Morgan fingerprint density at radius 2 is 1.41 bits per heavy atom. The van der Waals surface area contributed by atoms with Crippen LogP contribution in [0, 0.1) is 11.3 Å². The van der Waals surface area contributed by atoms with Crippen LogP contribution in [0.5, 0.6) is 0 Å². The van der Waals surface area contributed by atoms with Crippen molar-refractivity contribution in [1.29, 1.82) is 0 Å². The molecule has 1 heterocycles. The molecule has 1 fully saturated rings. The predicted octanol–water partition coefficient (Wildman–Crippen LogP) is 4.24. The Morgan fingerprint density at radius 1 is 0.820 bits per heavy atom. The lowest BCUT2D eigenvalue weighted by Crippen LogP contribution is -2.44. The number of esters is 2. The van der Waals surface area contributed by atoms with Crippen LogP contribution in [0.25, 0.3) is 0 Å². The Kier molecular flexibility index (Phi) is 22.7. The molecular formula is C42H80N6O13. The number of ether oxygens (including phenoxy) is 8. The van der Waals surface area contributed by atoms with Crippen molar-refractivity contribution in [3.05, 3.63) is 0 Å². The van der Waals surface area contributed by atoms with Gasteiger partial charge in [-0.2, -0.15) is 0 Å². The molecule has 0 aromatic heterocycles. The van der Waals surface area contributed by atoms with Crippen molar-refractivity contribution in [2.45, 2.75) is 175 Å². The summed E-state index contributed by atoms with van der Waals surface area (Å²) in [6.07, 6.45) is -0.739. The molecule has 1 aliphatic rings. The van der Waals surface area contributed by atoms with E-state index >= 15 is 0 Å². The maximum absolute atomic E-state index is 12.8. The maximum Gasteiger partial charge on any atom is 0.407 e. The molecule has 61 heavy (non-hydrogen) atoms. The lowest BCUT2D eigenvalue weighted by molar-refractivity contribution is -0.161. The van der Waals surface area contributed by atoms with Crippen LogP contribution in [0.15, 0.2) is 0 Å². The highest BCUT2D eigenvalue weighted by atomic mass is 16.6. The van der Waals surface area contributed by atoms with Gasteiger partial charge in [0.05, 0.1) is 37.5 Å². The largest absolute Gasteiger partial charge is 0.469 e. The molecule has 0 radical (unpaired) electrons. The number of nitrogens with one attached hydrogen (secondary N) is 5. The van der Waals surface area contributed by atoms with Gasteiger partial charge in [0.2, 0.25) is 0 Å². The maximum atomic E-state index is 12.8. The summed E-state index contributed by atoms with van der Waals surface area (Å²) in [5.74, 6) is -1.05. The van der Waals surface area contributed by atoms with Gasteiger partial charge in [0.1, 0.15) is 42.3 Å². The number of carbonyl (C=O) groups is 5. The number of amides is 3. The highest BCUT2D eigenvalue weighted by Gasteiger charge is 2.51. The Hall–Kier alpha value is -3.49. The zero-order valence-electron chi connectivity index (χ0n) is 39.6. The van der Waals surface area contributed by atoms with Gasteiger partial charge in [-0.25, -0.2) is 14.4 Å². The topological polar surface area (TPSA) is 255 Å². The molecule has 19 nitrogen and oxygen atoms in total. The van der Waals surface area contributed by atoms with Crippen LogP contribution in [0.3, 0.4) is 0 Å². The number of alkyl carbamates (subject to hydrolysis) is 3. The van der Waals surface area contributed by atoms with Crippen molar-refractivity contribution in [3.63, 3.8) is 0 Å². The van der Waals surface area contributed by atoms with Crippen LogP contribution >= 0.6 is 0 Å². The molecule has 0 aromatic carbocycles. The number of carbonyl (C=O) groups excluding carboxylic acids is 5. The molecule has 7 N–H and O–H groups in total. The highest BCUT2D eigenvalue weighted by molar-refractivity contribution is 5.76. The van der Waals surface area contributed by atoms with E-state index in [1.807, 2.05) is 27.7 Å². The number of methoxy groups -OCH3 is 1. The SMILES string of the molecule is CCC(CNC(=O)OCC(COC(=O)NCC1NC1(C)OCC[C@@H](C)C(N)C(=O)OC(C)(C)C)OC(C)(C)CC(C)(C)C(=O)OC)NCOCCC(C)NC(=O)OC(C)(C)C. The zero-order chi connectivity index (χ0) is 46.8. The van der Waals surface area contributed by atoms with Crippen LogP contribution in [0.1, 0.15) is 123 Å². The van der Waals surface area contributed by atoms with Crippen LogP contribution in [-0.2, 0) is 47.5 Å². The minimum atomic E-state index is -0.922. The number of hydrogen-bond donors (Lipinski definition) is 6. The quantitative estimate of drug-likeness (QED) is 0.0222. The van der Waals surface area contributed by atoms with E-state index in [-0.39, 0.29) is 63.5 Å². The zero-order valence-corrected chi connectivity index (χ0v) is 39.6. The third-order valence-electron chi connectivity index (χ3n) is 9.57. The minimum Gasteiger partial charge on any atom is -0.469 e. The van der Waals surface area contributed by atoms with Crippen LogP contribution in [0.2, 0.25) is 0 Å². The Balaban J connectivity index is 2.65. The second kappa shape index (κ2) is 25.0. The van der Waals surface area contributed by atoms with E-state index in [0.717, 1.165) is 0 Å². The molecule has 0 spiro atoms. The van der Waals surface area contributed by atoms with E-state index in [4.69, 9.17) is 43.6 Å². The van der Waals surface area contributed by atoms with Gasteiger partial charge < -0.3 is 59.6 Å². The molecule has 1 rings (SSSR count). The van der Waals surface area contributed by atoms with Gasteiger partial charge in [-0.05, 0) is 115 Å². The summed E-state index contributed by atoms with van der Waals surface area (Å²) in [5.41, 5.74) is 2.39. The summed E-state index contributed by atoms with van der Waals surface area (Å²) in [6.45, 7) is 26.3. The summed E-state index contributed by atoms with van der Waals surface area (Å²) < 4.78 is 44.6. The normalized spacial score (nSPS) is 19.3. The molecule has 0 saturated carbocycles. The number of rotatable bonds is 27. The van der Waals surface area contributed by atoms with Gasteiger partial charge >= 0.3 is 30.2 Å². The summed E-state index contributed by atoms with van der Waals surface area (Å²) in [6, 6.07) is -1.24. The van der Waals surface area contributed by atoms with E-state index in [9.17, 15) is 24.0 Å².